The van der Waals surface area contributed by atoms with E-state index >= 15 is 0 Å². The zero-order chi connectivity index (χ0) is 15.1. The van der Waals surface area contributed by atoms with Crippen LogP contribution in [-0.2, 0) is 11.3 Å². The number of hydrogen-bond acceptors (Lipinski definition) is 2. The number of unbranched alkanes of at least 4 members (excludes halogenated alkanes) is 2. The van der Waals surface area contributed by atoms with Gasteiger partial charge in [-0.3, -0.25) is 4.79 Å². The zero-order valence-corrected chi connectivity index (χ0v) is 12.4. The van der Waals surface area contributed by atoms with Gasteiger partial charge in [-0.25, -0.2) is 4.79 Å². The highest BCUT2D eigenvalue weighted by Gasteiger charge is 2.10. The zero-order valence-electron chi connectivity index (χ0n) is 12.4. The summed E-state index contributed by atoms with van der Waals surface area (Å²) in [5, 5.41) is 8.66. The minimum absolute atomic E-state index is 0.107. The Morgan fingerprint density at radius 1 is 1.35 bits per heavy atom. The van der Waals surface area contributed by atoms with Gasteiger partial charge in [0.1, 0.15) is 0 Å². The SMILES string of the molecule is CCCCCn1c(C(C)C)ccc(/C=C/C(=O)O)c1=O. The van der Waals surface area contributed by atoms with Crippen LogP contribution in [0.15, 0.2) is 23.0 Å². The number of aromatic nitrogens is 1. The lowest BCUT2D eigenvalue weighted by Gasteiger charge is -2.16. The molecular formula is C16H23NO3. The Balaban J connectivity index is 3.16. The van der Waals surface area contributed by atoms with Crippen LogP contribution in [0.3, 0.4) is 0 Å². The molecule has 0 saturated carbocycles. The highest BCUT2D eigenvalue weighted by atomic mass is 16.4. The van der Waals surface area contributed by atoms with Gasteiger partial charge in [0.05, 0.1) is 0 Å². The van der Waals surface area contributed by atoms with Gasteiger partial charge in [0.2, 0.25) is 0 Å². The first kappa shape index (κ1) is 16.2. The average Bonchev–Trinajstić information content (AvgIpc) is 2.38. The number of carboxylic acids is 1. The Morgan fingerprint density at radius 2 is 2.05 bits per heavy atom. The minimum Gasteiger partial charge on any atom is -0.478 e. The highest BCUT2D eigenvalue weighted by Crippen LogP contribution is 2.14. The molecule has 0 fully saturated rings. The molecule has 4 heteroatoms. The standard InChI is InChI=1S/C16H23NO3/c1-4-5-6-11-17-14(12(2)3)9-7-13(16(17)20)8-10-15(18)19/h7-10,12H,4-6,11H2,1-3H3,(H,18,19)/b10-8+. The summed E-state index contributed by atoms with van der Waals surface area (Å²) in [5.41, 5.74) is 1.32. The van der Waals surface area contributed by atoms with E-state index in [1.807, 2.05) is 6.07 Å². The summed E-state index contributed by atoms with van der Waals surface area (Å²) in [4.78, 5) is 23.0. The maximum absolute atomic E-state index is 12.4. The molecular weight excluding hydrogens is 254 g/mol. The number of carbonyl (C=O) groups is 1. The van der Waals surface area contributed by atoms with E-state index < -0.39 is 5.97 Å². The molecule has 1 rings (SSSR count). The van der Waals surface area contributed by atoms with Gasteiger partial charge in [0.25, 0.3) is 5.56 Å². The third kappa shape index (κ3) is 4.37. The fourth-order valence-electron chi connectivity index (χ4n) is 2.15. The second kappa shape index (κ2) is 7.68. The lowest BCUT2D eigenvalue weighted by atomic mass is 10.1. The van der Waals surface area contributed by atoms with Crippen LogP contribution in [0.25, 0.3) is 6.08 Å². The van der Waals surface area contributed by atoms with Crippen molar-refractivity contribution in [2.45, 2.75) is 52.5 Å². The molecule has 0 aliphatic heterocycles. The molecule has 0 aromatic carbocycles. The van der Waals surface area contributed by atoms with E-state index in [1.54, 1.807) is 10.6 Å². The molecule has 0 unspecified atom stereocenters. The maximum Gasteiger partial charge on any atom is 0.328 e. The van der Waals surface area contributed by atoms with E-state index in [1.165, 1.54) is 6.08 Å². The third-order valence-corrected chi connectivity index (χ3v) is 3.22. The summed E-state index contributed by atoms with van der Waals surface area (Å²) >= 11 is 0. The van der Waals surface area contributed by atoms with Crippen LogP contribution >= 0.6 is 0 Å². The van der Waals surface area contributed by atoms with Gasteiger partial charge in [0, 0.05) is 23.9 Å². The first-order chi connectivity index (χ1) is 9.47. The summed E-state index contributed by atoms with van der Waals surface area (Å²) in [6.45, 7) is 6.92. The summed E-state index contributed by atoms with van der Waals surface area (Å²) in [6, 6.07) is 3.62. The molecule has 0 spiro atoms. The van der Waals surface area contributed by atoms with Crippen molar-refractivity contribution < 1.29 is 9.90 Å². The van der Waals surface area contributed by atoms with Crippen LogP contribution in [0.4, 0.5) is 0 Å². The van der Waals surface area contributed by atoms with Crippen LogP contribution in [0.1, 0.15) is 57.2 Å². The largest absolute Gasteiger partial charge is 0.478 e. The van der Waals surface area contributed by atoms with Crippen LogP contribution < -0.4 is 5.56 Å². The Morgan fingerprint density at radius 3 is 2.60 bits per heavy atom. The molecule has 1 aromatic rings. The van der Waals surface area contributed by atoms with E-state index in [9.17, 15) is 9.59 Å². The van der Waals surface area contributed by atoms with Crippen molar-refractivity contribution in [3.63, 3.8) is 0 Å². The average molecular weight is 277 g/mol. The van der Waals surface area contributed by atoms with Gasteiger partial charge in [-0.2, -0.15) is 0 Å². The smallest absolute Gasteiger partial charge is 0.328 e. The van der Waals surface area contributed by atoms with Gasteiger partial charge in [0.15, 0.2) is 0 Å². The number of rotatable bonds is 7. The van der Waals surface area contributed by atoms with Crippen molar-refractivity contribution in [2.75, 3.05) is 0 Å². The molecule has 1 aromatic heterocycles. The summed E-state index contributed by atoms with van der Waals surface area (Å²) in [7, 11) is 0. The second-order valence-electron chi connectivity index (χ2n) is 5.20. The van der Waals surface area contributed by atoms with Gasteiger partial charge >= 0.3 is 5.97 Å². The number of pyridine rings is 1. The summed E-state index contributed by atoms with van der Waals surface area (Å²) < 4.78 is 1.78. The Labute approximate surface area is 119 Å². The monoisotopic (exact) mass is 277 g/mol. The first-order valence-electron chi connectivity index (χ1n) is 7.12. The van der Waals surface area contributed by atoms with Gasteiger partial charge < -0.3 is 9.67 Å². The van der Waals surface area contributed by atoms with E-state index in [4.69, 9.17) is 5.11 Å². The van der Waals surface area contributed by atoms with E-state index in [0.717, 1.165) is 31.0 Å². The quantitative estimate of drug-likeness (QED) is 0.614. The van der Waals surface area contributed by atoms with Crippen LogP contribution in [-0.4, -0.2) is 15.6 Å². The predicted molar refractivity (Wildman–Crippen MR) is 81.0 cm³/mol. The number of carboxylic acid groups (broad SMARTS) is 1. The first-order valence-corrected chi connectivity index (χ1v) is 7.12. The van der Waals surface area contributed by atoms with Crippen LogP contribution in [0, 0.1) is 0 Å². The fraction of sp³-hybridized carbons (Fsp3) is 0.500. The van der Waals surface area contributed by atoms with E-state index in [2.05, 4.69) is 20.8 Å². The van der Waals surface area contributed by atoms with Crippen LogP contribution in [0.5, 0.6) is 0 Å². The molecule has 0 radical (unpaired) electrons. The van der Waals surface area contributed by atoms with Crippen molar-refractivity contribution in [3.05, 3.63) is 39.8 Å². The third-order valence-electron chi connectivity index (χ3n) is 3.22. The molecule has 1 N–H and O–H groups in total. The fourth-order valence-corrected chi connectivity index (χ4v) is 2.15. The van der Waals surface area contributed by atoms with Gasteiger partial charge in [-0.1, -0.05) is 33.6 Å². The molecule has 0 amide bonds. The number of aliphatic carboxylic acids is 1. The highest BCUT2D eigenvalue weighted by molar-refractivity contribution is 5.85. The number of nitrogens with zero attached hydrogens (tertiary/aromatic N) is 1. The number of hydrogen-bond donors (Lipinski definition) is 1. The normalized spacial score (nSPS) is 11.4. The van der Waals surface area contributed by atoms with Gasteiger partial charge in [-0.05, 0) is 30.5 Å². The maximum atomic E-state index is 12.4. The second-order valence-corrected chi connectivity index (χ2v) is 5.20. The molecule has 4 nitrogen and oxygen atoms in total. The van der Waals surface area contributed by atoms with Crippen molar-refractivity contribution >= 4 is 12.0 Å². The molecule has 0 aliphatic carbocycles. The lowest BCUT2D eigenvalue weighted by molar-refractivity contribution is -0.131. The van der Waals surface area contributed by atoms with E-state index in [-0.39, 0.29) is 11.5 Å². The molecule has 0 bridgehead atoms. The molecule has 1 heterocycles. The Hall–Kier alpha value is -1.84. The van der Waals surface area contributed by atoms with Crippen molar-refractivity contribution in [2.24, 2.45) is 0 Å². The summed E-state index contributed by atoms with van der Waals surface area (Å²) in [5.74, 6) is -0.781. The topological polar surface area (TPSA) is 59.3 Å². The molecule has 0 aliphatic rings. The van der Waals surface area contributed by atoms with Gasteiger partial charge in [-0.15, -0.1) is 0 Å². The van der Waals surface area contributed by atoms with Crippen molar-refractivity contribution in [1.29, 1.82) is 0 Å². The molecule has 110 valence electrons. The predicted octanol–water partition coefficient (Wildman–Crippen LogP) is 3.26. The van der Waals surface area contributed by atoms with Crippen molar-refractivity contribution in [1.82, 2.24) is 4.57 Å². The van der Waals surface area contributed by atoms with Crippen LogP contribution in [0.2, 0.25) is 0 Å². The van der Waals surface area contributed by atoms with E-state index in [0.29, 0.717) is 12.1 Å². The minimum atomic E-state index is -1.05. The Bertz CT molecular complexity index is 541. The molecule has 0 atom stereocenters. The molecule has 20 heavy (non-hydrogen) atoms. The summed E-state index contributed by atoms with van der Waals surface area (Å²) in [6.07, 6.45) is 5.51. The van der Waals surface area contributed by atoms with Crippen molar-refractivity contribution in [3.8, 4) is 0 Å². The molecule has 0 saturated heterocycles. The lowest BCUT2D eigenvalue weighted by Crippen LogP contribution is -2.26. The Kier molecular flexibility index (Phi) is 6.22.